The Morgan fingerprint density at radius 3 is 2.57 bits per heavy atom. The minimum absolute atomic E-state index is 0.158. The van der Waals surface area contributed by atoms with Gasteiger partial charge in [-0.1, -0.05) is 24.6 Å². The smallest absolute Gasteiger partial charge is 0.246 e. The Kier molecular flexibility index (Phi) is 7.40. The fraction of sp³-hybridized carbons (Fsp3) is 0.381. The van der Waals surface area contributed by atoms with Gasteiger partial charge in [0, 0.05) is 34.2 Å². The van der Waals surface area contributed by atoms with E-state index < -0.39 is 11.8 Å². The maximum absolute atomic E-state index is 12.1. The van der Waals surface area contributed by atoms with Gasteiger partial charge in [0.15, 0.2) is 0 Å². The monoisotopic (exact) mass is 403 g/mol. The molecule has 1 aliphatic rings. The highest BCUT2D eigenvalue weighted by atomic mass is 35.5. The predicted octanol–water partition coefficient (Wildman–Crippen LogP) is 2.80. The van der Waals surface area contributed by atoms with Crippen LogP contribution in [0.4, 0.5) is 0 Å². The highest BCUT2D eigenvalue weighted by molar-refractivity contribution is 6.32. The summed E-state index contributed by atoms with van der Waals surface area (Å²) in [4.78, 5) is 35.9. The second-order valence-electron chi connectivity index (χ2n) is 6.93. The molecular weight excluding hydrogens is 378 g/mol. The van der Waals surface area contributed by atoms with E-state index in [2.05, 4.69) is 5.32 Å². The minimum Gasteiger partial charge on any atom is -0.366 e. The zero-order valence-corrected chi connectivity index (χ0v) is 16.9. The van der Waals surface area contributed by atoms with Crippen LogP contribution in [0, 0.1) is 0 Å². The molecule has 0 spiro atoms. The number of rotatable bonds is 7. The number of hydrogen-bond donors (Lipinski definition) is 3. The molecule has 0 fully saturated rings. The highest BCUT2D eigenvalue weighted by Gasteiger charge is 2.30. The third kappa shape index (κ3) is 5.01. The number of hydrogen-bond acceptors (Lipinski definition) is 3. The van der Waals surface area contributed by atoms with Crippen LogP contribution < -0.4 is 16.8 Å². The molecule has 1 unspecified atom stereocenters. The summed E-state index contributed by atoms with van der Waals surface area (Å²) in [6.07, 6.45) is 4.41. The van der Waals surface area contributed by atoms with Crippen LogP contribution >= 0.6 is 11.6 Å². The fourth-order valence-corrected chi connectivity index (χ4v) is 3.62. The Morgan fingerprint density at radius 2 is 1.96 bits per heavy atom. The van der Waals surface area contributed by atoms with Gasteiger partial charge in [-0.3, -0.25) is 14.4 Å². The maximum Gasteiger partial charge on any atom is 0.246 e. The van der Waals surface area contributed by atoms with E-state index in [0.717, 1.165) is 18.4 Å². The summed E-state index contributed by atoms with van der Waals surface area (Å²) in [5, 5.41) is 3.31. The molecule has 5 N–H and O–H groups in total. The molecule has 6 nitrogen and oxygen atoms in total. The SMILES string of the molecule is CCCNC(=O)/C(C)=C/c1cc(C2CCCC(C(N)=O)=C2C(N)=O)ccc1Cl. The first-order chi connectivity index (χ1) is 13.3. The first kappa shape index (κ1) is 21.7. The fourth-order valence-electron chi connectivity index (χ4n) is 3.45. The Morgan fingerprint density at radius 1 is 1.25 bits per heavy atom. The number of nitrogens with one attached hydrogen (secondary N) is 1. The Hall–Kier alpha value is -2.60. The first-order valence-corrected chi connectivity index (χ1v) is 9.72. The Balaban J connectivity index is 2.44. The van der Waals surface area contributed by atoms with Crippen LogP contribution in [0.25, 0.3) is 6.08 Å². The second-order valence-corrected chi connectivity index (χ2v) is 7.34. The number of amides is 3. The third-order valence-corrected chi connectivity index (χ3v) is 5.19. The minimum atomic E-state index is -0.638. The molecule has 1 atom stereocenters. The molecule has 0 bridgehead atoms. The number of nitrogens with two attached hydrogens (primary N) is 2. The standard InChI is InChI=1S/C21H26ClN3O3/c1-3-9-25-21(28)12(2)10-14-11-13(7-8-17(14)22)15-5-4-6-16(19(23)26)18(15)20(24)27/h7-8,10-11,15H,3-6,9H2,1-2H3,(H2,23,26)(H2,24,27)(H,25,28)/b12-10+. The average Bonchev–Trinajstić information content (AvgIpc) is 2.66. The second kappa shape index (κ2) is 9.55. The van der Waals surface area contributed by atoms with Crippen LogP contribution in [0.1, 0.15) is 56.6 Å². The van der Waals surface area contributed by atoms with Crippen molar-refractivity contribution in [3.8, 4) is 0 Å². The zero-order valence-electron chi connectivity index (χ0n) is 16.2. The van der Waals surface area contributed by atoms with Crippen LogP contribution in [-0.4, -0.2) is 24.3 Å². The van der Waals surface area contributed by atoms with Crippen LogP contribution in [-0.2, 0) is 14.4 Å². The summed E-state index contributed by atoms with van der Waals surface area (Å²) in [6, 6.07) is 5.36. The molecular formula is C21H26ClN3O3. The lowest BCUT2D eigenvalue weighted by molar-refractivity contribution is -0.117. The quantitative estimate of drug-likeness (QED) is 0.608. The van der Waals surface area contributed by atoms with Crippen LogP contribution in [0.3, 0.4) is 0 Å². The largest absolute Gasteiger partial charge is 0.366 e. The van der Waals surface area contributed by atoms with Crippen molar-refractivity contribution < 1.29 is 14.4 Å². The van der Waals surface area contributed by atoms with E-state index >= 15 is 0 Å². The van der Waals surface area contributed by atoms with Gasteiger partial charge in [-0.05, 0) is 61.9 Å². The number of benzene rings is 1. The summed E-state index contributed by atoms with van der Waals surface area (Å²) < 4.78 is 0. The van der Waals surface area contributed by atoms with Gasteiger partial charge in [0.05, 0.1) is 0 Å². The lowest BCUT2D eigenvalue weighted by Gasteiger charge is -2.26. The van der Waals surface area contributed by atoms with Crippen molar-refractivity contribution in [3.63, 3.8) is 0 Å². The van der Waals surface area contributed by atoms with E-state index in [1.807, 2.05) is 19.1 Å². The maximum atomic E-state index is 12.1. The van der Waals surface area contributed by atoms with E-state index in [9.17, 15) is 14.4 Å². The molecule has 0 aliphatic heterocycles. The van der Waals surface area contributed by atoms with E-state index in [0.29, 0.717) is 41.1 Å². The summed E-state index contributed by atoms with van der Waals surface area (Å²) in [5.41, 5.74) is 13.6. The lowest BCUT2D eigenvalue weighted by Crippen LogP contribution is -2.29. The molecule has 3 amide bonds. The van der Waals surface area contributed by atoms with Crippen molar-refractivity contribution in [2.24, 2.45) is 11.5 Å². The number of halogens is 1. The van der Waals surface area contributed by atoms with Gasteiger partial charge >= 0.3 is 0 Å². The molecule has 2 rings (SSSR count). The number of primary amides is 2. The van der Waals surface area contributed by atoms with E-state index in [1.165, 1.54) is 0 Å². The molecule has 0 saturated heterocycles. The molecule has 28 heavy (non-hydrogen) atoms. The molecule has 1 aromatic rings. The van der Waals surface area contributed by atoms with Gasteiger partial charge in [0.2, 0.25) is 17.7 Å². The predicted molar refractivity (Wildman–Crippen MR) is 110 cm³/mol. The molecule has 0 heterocycles. The van der Waals surface area contributed by atoms with E-state index in [-0.39, 0.29) is 17.4 Å². The van der Waals surface area contributed by atoms with E-state index in [1.54, 1.807) is 19.1 Å². The zero-order chi connectivity index (χ0) is 20.8. The van der Waals surface area contributed by atoms with Crippen LogP contribution in [0.15, 0.2) is 34.9 Å². The lowest BCUT2D eigenvalue weighted by atomic mass is 9.77. The molecule has 0 saturated carbocycles. The van der Waals surface area contributed by atoms with Gasteiger partial charge in [0.25, 0.3) is 0 Å². The van der Waals surface area contributed by atoms with Gasteiger partial charge in [-0.25, -0.2) is 0 Å². The molecule has 0 aromatic heterocycles. The Bertz CT molecular complexity index is 858. The molecule has 1 aliphatic carbocycles. The van der Waals surface area contributed by atoms with Gasteiger partial charge in [-0.2, -0.15) is 0 Å². The number of carbonyl (C=O) groups excluding carboxylic acids is 3. The van der Waals surface area contributed by atoms with Gasteiger partial charge in [0.1, 0.15) is 0 Å². The van der Waals surface area contributed by atoms with Crippen molar-refractivity contribution in [3.05, 3.63) is 51.1 Å². The normalized spacial score (nSPS) is 17.4. The summed E-state index contributed by atoms with van der Waals surface area (Å²) >= 11 is 6.31. The van der Waals surface area contributed by atoms with Crippen molar-refractivity contribution in [2.45, 2.75) is 45.4 Å². The van der Waals surface area contributed by atoms with Crippen molar-refractivity contribution in [2.75, 3.05) is 6.54 Å². The highest BCUT2D eigenvalue weighted by Crippen LogP contribution is 2.38. The Labute approximate surface area is 170 Å². The third-order valence-electron chi connectivity index (χ3n) is 4.84. The van der Waals surface area contributed by atoms with Crippen molar-refractivity contribution >= 4 is 35.4 Å². The van der Waals surface area contributed by atoms with E-state index in [4.69, 9.17) is 23.1 Å². The topological polar surface area (TPSA) is 115 Å². The summed E-state index contributed by atoms with van der Waals surface area (Å²) in [5.74, 6) is -1.74. The summed E-state index contributed by atoms with van der Waals surface area (Å²) in [6.45, 7) is 4.30. The first-order valence-electron chi connectivity index (χ1n) is 9.34. The van der Waals surface area contributed by atoms with Crippen molar-refractivity contribution in [1.29, 1.82) is 0 Å². The van der Waals surface area contributed by atoms with Crippen LogP contribution in [0.5, 0.6) is 0 Å². The molecule has 0 radical (unpaired) electrons. The van der Waals surface area contributed by atoms with Crippen LogP contribution in [0.2, 0.25) is 5.02 Å². The summed E-state index contributed by atoms with van der Waals surface area (Å²) in [7, 11) is 0. The molecule has 7 heteroatoms. The van der Waals surface area contributed by atoms with Gasteiger partial charge < -0.3 is 16.8 Å². The average molecular weight is 404 g/mol. The van der Waals surface area contributed by atoms with Gasteiger partial charge in [-0.15, -0.1) is 0 Å². The van der Waals surface area contributed by atoms with Crippen molar-refractivity contribution in [1.82, 2.24) is 5.32 Å². The number of carbonyl (C=O) groups is 3. The molecule has 1 aromatic carbocycles. The molecule has 150 valence electrons.